The van der Waals surface area contributed by atoms with Crippen molar-refractivity contribution in [2.75, 3.05) is 0 Å². The summed E-state index contributed by atoms with van der Waals surface area (Å²) < 4.78 is 15.8. The quantitative estimate of drug-likeness (QED) is 0.398. The maximum atomic E-state index is 12.4. The number of benzene rings is 2. The molecule has 2 heterocycles. The summed E-state index contributed by atoms with van der Waals surface area (Å²) in [6.07, 6.45) is 0. The van der Waals surface area contributed by atoms with Crippen molar-refractivity contribution < 1.29 is 18.4 Å². The third-order valence-corrected chi connectivity index (χ3v) is 4.74. The second-order valence-electron chi connectivity index (χ2n) is 6.54. The summed E-state index contributed by atoms with van der Waals surface area (Å²) in [6, 6.07) is 13.3. The molecule has 0 amide bonds. The van der Waals surface area contributed by atoms with Crippen LogP contribution < -0.4 is 11.3 Å². The van der Waals surface area contributed by atoms with E-state index in [4.69, 9.17) is 13.6 Å². The highest BCUT2D eigenvalue weighted by molar-refractivity contribution is 5.93. The molecule has 0 bridgehead atoms. The SMILES string of the molecule is Cc1ccc2c(COC(=O)c3cc4ccccc4oc3=O)cc(=O)oc2c1C. The van der Waals surface area contributed by atoms with Crippen LogP contribution in [0.25, 0.3) is 21.9 Å². The number of esters is 1. The van der Waals surface area contributed by atoms with Crippen LogP contribution in [0.4, 0.5) is 0 Å². The van der Waals surface area contributed by atoms with Crippen molar-refractivity contribution in [3.8, 4) is 0 Å². The van der Waals surface area contributed by atoms with E-state index in [0.29, 0.717) is 27.5 Å². The Morgan fingerprint density at radius 2 is 1.79 bits per heavy atom. The lowest BCUT2D eigenvalue weighted by Crippen LogP contribution is -2.16. The zero-order valence-electron chi connectivity index (χ0n) is 15.3. The Balaban J connectivity index is 1.68. The van der Waals surface area contributed by atoms with Gasteiger partial charge in [-0.25, -0.2) is 14.4 Å². The average molecular weight is 376 g/mol. The molecule has 0 spiro atoms. The second kappa shape index (κ2) is 6.81. The molecule has 0 fully saturated rings. The van der Waals surface area contributed by atoms with Gasteiger partial charge in [0.15, 0.2) is 0 Å². The molecular weight excluding hydrogens is 360 g/mol. The van der Waals surface area contributed by atoms with Gasteiger partial charge in [0.05, 0.1) is 0 Å². The van der Waals surface area contributed by atoms with E-state index in [-0.39, 0.29) is 12.2 Å². The van der Waals surface area contributed by atoms with Crippen molar-refractivity contribution in [2.45, 2.75) is 20.5 Å². The Morgan fingerprint density at radius 1 is 1.00 bits per heavy atom. The average Bonchev–Trinajstić information content (AvgIpc) is 2.68. The lowest BCUT2D eigenvalue weighted by Gasteiger charge is -2.09. The van der Waals surface area contributed by atoms with E-state index < -0.39 is 17.2 Å². The lowest BCUT2D eigenvalue weighted by molar-refractivity contribution is 0.0469. The van der Waals surface area contributed by atoms with Crippen LogP contribution in [0.3, 0.4) is 0 Å². The van der Waals surface area contributed by atoms with Crippen LogP contribution in [0.2, 0.25) is 0 Å². The predicted molar refractivity (Wildman–Crippen MR) is 104 cm³/mol. The maximum absolute atomic E-state index is 12.4. The highest BCUT2D eigenvalue weighted by Gasteiger charge is 2.17. The summed E-state index contributed by atoms with van der Waals surface area (Å²) in [5, 5.41) is 1.30. The van der Waals surface area contributed by atoms with Gasteiger partial charge in [-0.15, -0.1) is 0 Å². The Kier molecular flexibility index (Phi) is 4.31. The molecule has 0 saturated carbocycles. The van der Waals surface area contributed by atoms with E-state index >= 15 is 0 Å². The molecule has 6 heteroatoms. The van der Waals surface area contributed by atoms with E-state index in [2.05, 4.69) is 0 Å². The topological polar surface area (TPSA) is 86.7 Å². The van der Waals surface area contributed by atoms with Crippen molar-refractivity contribution >= 4 is 27.9 Å². The number of ether oxygens (including phenoxy) is 1. The molecule has 0 saturated heterocycles. The van der Waals surface area contributed by atoms with Gasteiger partial charge in [-0.2, -0.15) is 0 Å². The fourth-order valence-corrected chi connectivity index (χ4v) is 3.07. The summed E-state index contributed by atoms with van der Waals surface area (Å²) in [5.41, 5.74) is 1.69. The fraction of sp³-hybridized carbons (Fsp3) is 0.136. The Labute approximate surface area is 159 Å². The smallest absolute Gasteiger partial charge is 0.351 e. The summed E-state index contributed by atoms with van der Waals surface area (Å²) in [4.78, 5) is 36.5. The molecule has 0 aliphatic carbocycles. The van der Waals surface area contributed by atoms with Crippen molar-refractivity contribution in [1.29, 1.82) is 0 Å². The zero-order valence-corrected chi connectivity index (χ0v) is 15.3. The first kappa shape index (κ1) is 17.7. The van der Waals surface area contributed by atoms with E-state index in [1.165, 1.54) is 12.1 Å². The van der Waals surface area contributed by atoms with Gasteiger partial charge in [0.25, 0.3) is 0 Å². The van der Waals surface area contributed by atoms with Crippen LogP contribution in [0.5, 0.6) is 0 Å². The summed E-state index contributed by atoms with van der Waals surface area (Å²) >= 11 is 0. The molecule has 0 N–H and O–H groups in total. The third-order valence-electron chi connectivity index (χ3n) is 4.74. The van der Waals surface area contributed by atoms with Crippen LogP contribution in [0, 0.1) is 13.8 Å². The number of para-hydroxylation sites is 1. The van der Waals surface area contributed by atoms with Gasteiger partial charge < -0.3 is 13.6 Å². The monoisotopic (exact) mass is 376 g/mol. The van der Waals surface area contributed by atoms with Crippen molar-refractivity contribution in [3.05, 3.63) is 91.6 Å². The molecule has 0 aliphatic heterocycles. The first-order chi connectivity index (χ1) is 13.4. The van der Waals surface area contributed by atoms with Gasteiger partial charge in [-0.1, -0.05) is 30.3 Å². The van der Waals surface area contributed by atoms with Crippen LogP contribution in [-0.2, 0) is 11.3 Å². The van der Waals surface area contributed by atoms with Gasteiger partial charge in [0.1, 0.15) is 23.3 Å². The second-order valence-corrected chi connectivity index (χ2v) is 6.54. The Bertz CT molecular complexity index is 1340. The molecule has 4 aromatic rings. The van der Waals surface area contributed by atoms with Crippen LogP contribution in [-0.4, -0.2) is 5.97 Å². The van der Waals surface area contributed by atoms with Gasteiger partial charge >= 0.3 is 17.2 Å². The molecule has 0 radical (unpaired) electrons. The lowest BCUT2D eigenvalue weighted by atomic mass is 10.0. The largest absolute Gasteiger partial charge is 0.457 e. The van der Waals surface area contributed by atoms with Crippen LogP contribution in [0.1, 0.15) is 27.0 Å². The molecule has 0 atom stereocenters. The highest BCUT2D eigenvalue weighted by Crippen LogP contribution is 2.24. The first-order valence-corrected chi connectivity index (χ1v) is 8.67. The number of carbonyl (C=O) groups is 1. The number of hydrogen-bond donors (Lipinski definition) is 0. The minimum Gasteiger partial charge on any atom is -0.457 e. The van der Waals surface area contributed by atoms with Crippen LogP contribution >= 0.6 is 0 Å². The Hall–Kier alpha value is -3.67. The summed E-state index contributed by atoms with van der Waals surface area (Å²) in [6.45, 7) is 3.60. The molecular formula is C22H16O6. The molecule has 2 aromatic heterocycles. The molecule has 28 heavy (non-hydrogen) atoms. The number of rotatable bonds is 3. The molecule has 6 nitrogen and oxygen atoms in total. The number of hydrogen-bond acceptors (Lipinski definition) is 6. The summed E-state index contributed by atoms with van der Waals surface area (Å²) in [5.74, 6) is -0.815. The minimum absolute atomic E-state index is 0.171. The molecule has 2 aromatic carbocycles. The number of fused-ring (bicyclic) bond motifs is 2. The van der Waals surface area contributed by atoms with Crippen molar-refractivity contribution in [3.63, 3.8) is 0 Å². The molecule has 0 unspecified atom stereocenters. The van der Waals surface area contributed by atoms with Crippen molar-refractivity contribution in [1.82, 2.24) is 0 Å². The normalized spacial score (nSPS) is 11.1. The third kappa shape index (κ3) is 3.09. The molecule has 0 aliphatic rings. The maximum Gasteiger partial charge on any atom is 0.351 e. The first-order valence-electron chi connectivity index (χ1n) is 8.67. The van der Waals surface area contributed by atoms with Gasteiger partial charge in [-0.05, 0) is 37.1 Å². The predicted octanol–water partition coefficient (Wildman–Crippen LogP) is 3.87. The fourth-order valence-electron chi connectivity index (χ4n) is 3.07. The zero-order chi connectivity index (χ0) is 19.8. The highest BCUT2D eigenvalue weighted by atomic mass is 16.5. The van der Waals surface area contributed by atoms with E-state index in [1.807, 2.05) is 26.0 Å². The van der Waals surface area contributed by atoms with Gasteiger partial charge in [0.2, 0.25) is 0 Å². The Morgan fingerprint density at radius 3 is 2.61 bits per heavy atom. The van der Waals surface area contributed by atoms with Crippen molar-refractivity contribution in [2.24, 2.45) is 0 Å². The van der Waals surface area contributed by atoms with E-state index in [1.54, 1.807) is 24.3 Å². The number of aryl methyl sites for hydroxylation is 2. The van der Waals surface area contributed by atoms with Gasteiger partial charge in [0, 0.05) is 22.4 Å². The molecule has 140 valence electrons. The summed E-state index contributed by atoms with van der Waals surface area (Å²) in [7, 11) is 0. The standard InChI is InChI=1S/C22H16O6/c1-12-7-8-16-15(10-19(23)28-20(16)13(12)2)11-26-21(24)17-9-14-5-3-4-6-18(14)27-22(17)25/h3-10H,11H2,1-2H3. The van der Waals surface area contributed by atoms with E-state index in [9.17, 15) is 14.4 Å². The van der Waals surface area contributed by atoms with Gasteiger partial charge in [-0.3, -0.25) is 0 Å². The number of carbonyl (C=O) groups excluding carboxylic acids is 1. The van der Waals surface area contributed by atoms with Crippen LogP contribution in [0.15, 0.2) is 67.0 Å². The minimum atomic E-state index is -0.815. The van der Waals surface area contributed by atoms with E-state index in [0.717, 1.165) is 11.1 Å². The molecule has 4 rings (SSSR count).